The number of aliphatic hydroxyl groups is 2. The van der Waals surface area contributed by atoms with Crippen molar-refractivity contribution in [3.63, 3.8) is 0 Å². The summed E-state index contributed by atoms with van der Waals surface area (Å²) in [6.45, 7) is 5.30. The molecule has 2 N–H and O–H groups in total. The van der Waals surface area contributed by atoms with Crippen molar-refractivity contribution in [1.82, 2.24) is 0 Å². The molecule has 0 saturated carbocycles. The zero-order chi connectivity index (χ0) is 10.3. The molecule has 0 aromatic heterocycles. The van der Waals surface area contributed by atoms with E-state index in [9.17, 15) is 0 Å². The van der Waals surface area contributed by atoms with Gasteiger partial charge in [-0.3, -0.25) is 0 Å². The number of hydrogen-bond donors (Lipinski definition) is 2. The number of hydrogen-bond acceptors (Lipinski definition) is 2. The van der Waals surface area contributed by atoms with E-state index in [2.05, 4.69) is 0 Å². The molecule has 0 aliphatic carbocycles. The van der Waals surface area contributed by atoms with Crippen LogP contribution < -0.4 is 0 Å². The second-order valence-electron chi connectivity index (χ2n) is 4.45. The standard InChI is InChI=1S/C11H24NO2/c13-10-4-8-12(9-5-11-14)6-2-1-3-7-12/h13-14H,1-11H2/q+1. The largest absolute Gasteiger partial charge is 0.396 e. The molecule has 0 spiro atoms. The maximum atomic E-state index is 8.88. The molecule has 1 rings (SSSR count). The SMILES string of the molecule is OCCC[N+]1(CCCO)CCCCC1. The fraction of sp³-hybridized carbons (Fsp3) is 1.00. The summed E-state index contributed by atoms with van der Waals surface area (Å²) in [5.74, 6) is 0. The van der Waals surface area contributed by atoms with Gasteiger partial charge in [-0.05, 0) is 19.3 Å². The van der Waals surface area contributed by atoms with Crippen molar-refractivity contribution in [2.24, 2.45) is 0 Å². The van der Waals surface area contributed by atoms with Gasteiger partial charge in [0.05, 0.1) is 26.2 Å². The molecule has 0 amide bonds. The van der Waals surface area contributed by atoms with Crippen LogP contribution in [0.2, 0.25) is 0 Å². The number of piperidine rings is 1. The van der Waals surface area contributed by atoms with Gasteiger partial charge in [-0.1, -0.05) is 0 Å². The summed E-state index contributed by atoms with van der Waals surface area (Å²) in [6, 6.07) is 0. The molecular formula is C11H24NO2+. The van der Waals surface area contributed by atoms with Crippen LogP contribution in [-0.2, 0) is 0 Å². The summed E-state index contributed by atoms with van der Waals surface area (Å²) in [7, 11) is 0. The van der Waals surface area contributed by atoms with Crippen molar-refractivity contribution in [1.29, 1.82) is 0 Å². The van der Waals surface area contributed by atoms with Crippen LogP contribution in [0.4, 0.5) is 0 Å². The van der Waals surface area contributed by atoms with Crippen LogP contribution in [0, 0.1) is 0 Å². The Kier molecular flexibility index (Phi) is 5.45. The normalized spacial score (nSPS) is 21.0. The third kappa shape index (κ3) is 3.56. The summed E-state index contributed by atoms with van der Waals surface area (Å²) in [5.41, 5.74) is 0. The van der Waals surface area contributed by atoms with Gasteiger partial charge in [0.25, 0.3) is 0 Å². The first-order valence-electron chi connectivity index (χ1n) is 5.90. The average molecular weight is 202 g/mol. The Balaban J connectivity index is 2.39. The summed E-state index contributed by atoms with van der Waals surface area (Å²) in [4.78, 5) is 0. The zero-order valence-electron chi connectivity index (χ0n) is 9.12. The Labute approximate surface area is 86.9 Å². The zero-order valence-corrected chi connectivity index (χ0v) is 9.12. The van der Waals surface area contributed by atoms with Crippen LogP contribution in [0.1, 0.15) is 32.1 Å². The van der Waals surface area contributed by atoms with E-state index in [-0.39, 0.29) is 0 Å². The van der Waals surface area contributed by atoms with E-state index in [4.69, 9.17) is 10.2 Å². The van der Waals surface area contributed by atoms with Gasteiger partial charge in [-0.2, -0.15) is 0 Å². The van der Waals surface area contributed by atoms with Crippen LogP contribution in [0.5, 0.6) is 0 Å². The van der Waals surface area contributed by atoms with Crippen LogP contribution in [0.25, 0.3) is 0 Å². The molecule has 0 atom stereocenters. The molecule has 1 fully saturated rings. The van der Waals surface area contributed by atoms with Gasteiger partial charge in [-0.25, -0.2) is 0 Å². The van der Waals surface area contributed by atoms with Gasteiger partial charge in [0.15, 0.2) is 0 Å². The number of rotatable bonds is 6. The van der Waals surface area contributed by atoms with Crippen molar-refractivity contribution in [2.75, 3.05) is 39.4 Å². The van der Waals surface area contributed by atoms with Gasteiger partial charge in [0, 0.05) is 26.1 Å². The Morgan fingerprint density at radius 2 is 1.29 bits per heavy atom. The highest BCUT2D eigenvalue weighted by Gasteiger charge is 2.28. The van der Waals surface area contributed by atoms with Crippen LogP contribution in [0.15, 0.2) is 0 Å². The molecule has 14 heavy (non-hydrogen) atoms. The highest BCUT2D eigenvalue weighted by atomic mass is 16.3. The molecule has 3 heteroatoms. The summed E-state index contributed by atoms with van der Waals surface area (Å²) in [6.07, 6.45) is 5.81. The highest BCUT2D eigenvalue weighted by Crippen LogP contribution is 2.19. The molecule has 1 aliphatic heterocycles. The lowest BCUT2D eigenvalue weighted by molar-refractivity contribution is -0.932. The van der Waals surface area contributed by atoms with Crippen molar-refractivity contribution < 1.29 is 14.7 Å². The Hall–Kier alpha value is -0.120. The molecular weight excluding hydrogens is 178 g/mol. The third-order valence-electron chi connectivity index (χ3n) is 3.35. The van der Waals surface area contributed by atoms with Gasteiger partial charge >= 0.3 is 0 Å². The van der Waals surface area contributed by atoms with E-state index in [1.807, 2.05) is 0 Å². The lowest BCUT2D eigenvalue weighted by atomic mass is 10.1. The molecule has 0 aromatic carbocycles. The predicted molar refractivity (Wildman–Crippen MR) is 57.0 cm³/mol. The molecule has 0 bridgehead atoms. The Morgan fingerprint density at radius 3 is 1.71 bits per heavy atom. The molecule has 84 valence electrons. The van der Waals surface area contributed by atoms with E-state index >= 15 is 0 Å². The summed E-state index contributed by atoms with van der Waals surface area (Å²) < 4.78 is 1.14. The number of likely N-dealkylation sites (tertiary alicyclic amines) is 1. The average Bonchev–Trinajstić information content (AvgIpc) is 2.25. The minimum atomic E-state index is 0.305. The van der Waals surface area contributed by atoms with E-state index in [0.717, 1.165) is 30.4 Å². The highest BCUT2D eigenvalue weighted by molar-refractivity contribution is 4.55. The summed E-state index contributed by atoms with van der Waals surface area (Å²) >= 11 is 0. The van der Waals surface area contributed by atoms with E-state index in [1.54, 1.807) is 0 Å². The van der Waals surface area contributed by atoms with E-state index in [1.165, 1.54) is 32.4 Å². The Morgan fingerprint density at radius 1 is 0.786 bits per heavy atom. The van der Waals surface area contributed by atoms with Gasteiger partial charge < -0.3 is 14.7 Å². The van der Waals surface area contributed by atoms with E-state index in [0.29, 0.717) is 13.2 Å². The minimum absolute atomic E-state index is 0.305. The van der Waals surface area contributed by atoms with Gasteiger partial charge in [0.2, 0.25) is 0 Å². The predicted octanol–water partition coefficient (Wildman–Crippen LogP) is 0.752. The van der Waals surface area contributed by atoms with Crippen LogP contribution >= 0.6 is 0 Å². The van der Waals surface area contributed by atoms with Gasteiger partial charge in [-0.15, -0.1) is 0 Å². The molecule has 1 aliphatic rings. The number of nitrogens with zero attached hydrogens (tertiary/aromatic N) is 1. The van der Waals surface area contributed by atoms with Crippen molar-refractivity contribution in [3.05, 3.63) is 0 Å². The first-order valence-corrected chi connectivity index (χ1v) is 5.90. The molecule has 1 saturated heterocycles. The van der Waals surface area contributed by atoms with Crippen LogP contribution in [0.3, 0.4) is 0 Å². The van der Waals surface area contributed by atoms with Gasteiger partial charge in [0.1, 0.15) is 0 Å². The second-order valence-corrected chi connectivity index (χ2v) is 4.45. The lowest BCUT2D eigenvalue weighted by Crippen LogP contribution is -2.53. The molecule has 0 unspecified atom stereocenters. The second kappa shape index (κ2) is 6.38. The fourth-order valence-corrected chi connectivity index (χ4v) is 2.55. The first-order chi connectivity index (χ1) is 6.83. The molecule has 1 heterocycles. The fourth-order valence-electron chi connectivity index (χ4n) is 2.55. The maximum Gasteiger partial charge on any atom is 0.0808 e. The van der Waals surface area contributed by atoms with E-state index < -0.39 is 0 Å². The van der Waals surface area contributed by atoms with Crippen molar-refractivity contribution >= 4 is 0 Å². The topological polar surface area (TPSA) is 40.5 Å². The third-order valence-corrected chi connectivity index (χ3v) is 3.35. The smallest absolute Gasteiger partial charge is 0.0808 e. The molecule has 0 radical (unpaired) electrons. The summed E-state index contributed by atoms with van der Waals surface area (Å²) in [5, 5.41) is 17.8. The molecule has 0 aromatic rings. The van der Waals surface area contributed by atoms with Crippen LogP contribution in [-0.4, -0.2) is 54.1 Å². The minimum Gasteiger partial charge on any atom is -0.396 e. The number of quaternary nitrogens is 1. The lowest BCUT2D eigenvalue weighted by Gasteiger charge is -2.41. The van der Waals surface area contributed by atoms with Crippen molar-refractivity contribution in [3.8, 4) is 0 Å². The molecule has 3 nitrogen and oxygen atoms in total. The quantitative estimate of drug-likeness (QED) is 0.624. The first kappa shape index (κ1) is 12.0. The Bertz CT molecular complexity index is 134. The van der Waals surface area contributed by atoms with Crippen molar-refractivity contribution in [2.45, 2.75) is 32.1 Å². The monoisotopic (exact) mass is 202 g/mol. The number of aliphatic hydroxyl groups excluding tert-OH is 2. The maximum absolute atomic E-state index is 8.88.